The largest absolute Gasteiger partial charge is 0.381 e. The molecule has 2 nitrogen and oxygen atoms in total. The van der Waals surface area contributed by atoms with Crippen LogP contribution in [0.5, 0.6) is 0 Å². The van der Waals surface area contributed by atoms with Gasteiger partial charge in [-0.05, 0) is 43.7 Å². The van der Waals surface area contributed by atoms with E-state index in [0.29, 0.717) is 6.04 Å². The van der Waals surface area contributed by atoms with Crippen molar-refractivity contribution in [3.63, 3.8) is 0 Å². The predicted octanol–water partition coefficient (Wildman–Crippen LogP) is 2.83. The van der Waals surface area contributed by atoms with Crippen LogP contribution in [0.2, 0.25) is 0 Å². The number of hydrogen-bond acceptors (Lipinski definition) is 3. The number of hydrogen-bond donors (Lipinski definition) is 1. The third kappa shape index (κ3) is 3.30. The molecule has 1 fully saturated rings. The van der Waals surface area contributed by atoms with E-state index in [1.54, 1.807) is 0 Å². The van der Waals surface area contributed by atoms with Crippen molar-refractivity contribution >= 4 is 11.3 Å². The molecule has 0 saturated carbocycles. The normalized spacial score (nSPS) is 20.3. The topological polar surface area (TPSA) is 21.3 Å². The zero-order chi connectivity index (χ0) is 10.5. The van der Waals surface area contributed by atoms with Crippen molar-refractivity contribution in [2.45, 2.75) is 25.8 Å². The molecule has 1 unspecified atom stereocenters. The Balaban J connectivity index is 1.73. The van der Waals surface area contributed by atoms with Crippen molar-refractivity contribution in [1.29, 1.82) is 0 Å². The molecule has 1 aromatic heterocycles. The fourth-order valence-electron chi connectivity index (χ4n) is 1.93. The van der Waals surface area contributed by atoms with Gasteiger partial charge in [-0.25, -0.2) is 0 Å². The first-order valence-electron chi connectivity index (χ1n) is 5.71. The zero-order valence-electron chi connectivity index (χ0n) is 9.24. The lowest BCUT2D eigenvalue weighted by molar-refractivity contribution is 0.0656. The van der Waals surface area contributed by atoms with Crippen LogP contribution in [0.1, 0.15) is 30.7 Å². The number of thiophene rings is 1. The Morgan fingerprint density at radius 2 is 2.33 bits per heavy atom. The van der Waals surface area contributed by atoms with Gasteiger partial charge in [0.05, 0.1) is 0 Å². The molecular weight excluding hydrogens is 206 g/mol. The van der Waals surface area contributed by atoms with Gasteiger partial charge in [-0.2, -0.15) is 0 Å². The molecule has 2 heterocycles. The second kappa shape index (κ2) is 5.64. The van der Waals surface area contributed by atoms with Crippen molar-refractivity contribution in [1.82, 2.24) is 5.32 Å². The van der Waals surface area contributed by atoms with Gasteiger partial charge in [0.25, 0.3) is 0 Å². The molecule has 0 aromatic carbocycles. The van der Waals surface area contributed by atoms with Gasteiger partial charge in [0.2, 0.25) is 0 Å². The molecule has 3 heteroatoms. The van der Waals surface area contributed by atoms with Gasteiger partial charge < -0.3 is 10.1 Å². The summed E-state index contributed by atoms with van der Waals surface area (Å²) in [6, 6.07) is 4.81. The maximum absolute atomic E-state index is 5.35. The van der Waals surface area contributed by atoms with Crippen LogP contribution < -0.4 is 5.32 Å². The van der Waals surface area contributed by atoms with E-state index in [2.05, 4.69) is 29.8 Å². The molecular formula is C12H19NOS. The molecule has 1 aliphatic rings. The number of rotatable bonds is 4. The summed E-state index contributed by atoms with van der Waals surface area (Å²) < 4.78 is 5.35. The summed E-state index contributed by atoms with van der Waals surface area (Å²) in [7, 11) is 0. The van der Waals surface area contributed by atoms with Gasteiger partial charge in [-0.1, -0.05) is 6.07 Å². The van der Waals surface area contributed by atoms with Gasteiger partial charge in [0.1, 0.15) is 0 Å². The summed E-state index contributed by atoms with van der Waals surface area (Å²) in [6.07, 6.45) is 2.42. The van der Waals surface area contributed by atoms with Crippen molar-refractivity contribution in [2.24, 2.45) is 5.92 Å². The van der Waals surface area contributed by atoms with Crippen molar-refractivity contribution in [3.05, 3.63) is 22.4 Å². The summed E-state index contributed by atoms with van der Waals surface area (Å²) >= 11 is 1.83. The maximum atomic E-state index is 5.35. The lowest BCUT2D eigenvalue weighted by atomic mass is 10.00. The molecule has 1 N–H and O–H groups in total. The van der Waals surface area contributed by atoms with E-state index in [4.69, 9.17) is 4.74 Å². The molecule has 0 aliphatic carbocycles. The highest BCUT2D eigenvalue weighted by atomic mass is 32.1. The van der Waals surface area contributed by atoms with Crippen LogP contribution in [0.3, 0.4) is 0 Å². The quantitative estimate of drug-likeness (QED) is 0.851. The molecule has 1 atom stereocenters. The first-order chi connectivity index (χ1) is 7.36. The molecule has 0 spiro atoms. The maximum Gasteiger partial charge on any atom is 0.0469 e. The molecule has 15 heavy (non-hydrogen) atoms. The van der Waals surface area contributed by atoms with Crippen LogP contribution in [0.25, 0.3) is 0 Å². The van der Waals surface area contributed by atoms with Gasteiger partial charge in [-0.3, -0.25) is 0 Å². The predicted molar refractivity (Wildman–Crippen MR) is 64.3 cm³/mol. The first-order valence-corrected chi connectivity index (χ1v) is 6.59. The van der Waals surface area contributed by atoms with Crippen molar-refractivity contribution in [3.8, 4) is 0 Å². The minimum Gasteiger partial charge on any atom is -0.381 e. The van der Waals surface area contributed by atoms with E-state index in [9.17, 15) is 0 Å². The van der Waals surface area contributed by atoms with Gasteiger partial charge >= 0.3 is 0 Å². The summed E-state index contributed by atoms with van der Waals surface area (Å²) in [5.41, 5.74) is 0. The molecule has 1 aromatic rings. The molecule has 2 rings (SSSR count). The van der Waals surface area contributed by atoms with Crippen LogP contribution in [0.4, 0.5) is 0 Å². The van der Waals surface area contributed by atoms with Crippen molar-refractivity contribution < 1.29 is 4.74 Å². The van der Waals surface area contributed by atoms with E-state index in [1.165, 1.54) is 17.7 Å². The second-order valence-corrected chi connectivity index (χ2v) is 5.18. The minimum atomic E-state index is 0.493. The molecule has 0 amide bonds. The Morgan fingerprint density at radius 3 is 3.00 bits per heavy atom. The Morgan fingerprint density at radius 1 is 1.53 bits per heavy atom. The van der Waals surface area contributed by atoms with Crippen LogP contribution in [0.15, 0.2) is 17.5 Å². The van der Waals surface area contributed by atoms with Crippen LogP contribution in [-0.2, 0) is 4.74 Å². The summed E-state index contributed by atoms with van der Waals surface area (Å²) in [4.78, 5) is 1.43. The summed E-state index contributed by atoms with van der Waals surface area (Å²) in [5, 5.41) is 5.75. The lowest BCUT2D eigenvalue weighted by Crippen LogP contribution is -2.29. The van der Waals surface area contributed by atoms with Gasteiger partial charge in [0.15, 0.2) is 0 Å². The molecule has 84 valence electrons. The molecule has 1 aliphatic heterocycles. The highest BCUT2D eigenvalue weighted by molar-refractivity contribution is 7.10. The average Bonchev–Trinajstić information content (AvgIpc) is 2.81. The Kier molecular flexibility index (Phi) is 4.18. The van der Waals surface area contributed by atoms with E-state index < -0.39 is 0 Å². The monoisotopic (exact) mass is 225 g/mol. The molecule has 0 radical (unpaired) electrons. The number of ether oxygens (including phenoxy) is 1. The highest BCUT2D eigenvalue weighted by Gasteiger charge is 2.15. The molecule has 1 saturated heterocycles. The fourth-order valence-corrected chi connectivity index (χ4v) is 2.69. The van der Waals surface area contributed by atoms with E-state index in [1.807, 2.05) is 11.3 Å². The third-order valence-corrected chi connectivity index (χ3v) is 4.08. The summed E-state index contributed by atoms with van der Waals surface area (Å²) in [6.45, 7) is 5.26. The first kappa shape index (κ1) is 11.1. The smallest absolute Gasteiger partial charge is 0.0469 e. The van der Waals surface area contributed by atoms with Crippen LogP contribution in [-0.4, -0.2) is 19.8 Å². The fraction of sp³-hybridized carbons (Fsp3) is 0.667. The summed E-state index contributed by atoms with van der Waals surface area (Å²) in [5.74, 6) is 0.807. The minimum absolute atomic E-state index is 0.493. The number of nitrogens with one attached hydrogen (secondary N) is 1. The van der Waals surface area contributed by atoms with Crippen LogP contribution >= 0.6 is 11.3 Å². The standard InChI is InChI=1S/C12H19NOS/c1-10(12-3-2-8-15-12)13-9-11-4-6-14-7-5-11/h2-3,8,10-11,13H,4-7,9H2,1H3. The van der Waals surface area contributed by atoms with Gasteiger partial charge in [-0.15, -0.1) is 11.3 Å². The van der Waals surface area contributed by atoms with Crippen LogP contribution in [0, 0.1) is 5.92 Å². The Labute approximate surface area is 95.6 Å². The van der Waals surface area contributed by atoms with E-state index in [-0.39, 0.29) is 0 Å². The molecule has 0 bridgehead atoms. The zero-order valence-corrected chi connectivity index (χ0v) is 10.1. The third-order valence-electron chi connectivity index (χ3n) is 3.02. The SMILES string of the molecule is CC(NCC1CCOCC1)c1cccs1. The van der Waals surface area contributed by atoms with E-state index >= 15 is 0 Å². The van der Waals surface area contributed by atoms with Gasteiger partial charge in [0, 0.05) is 24.1 Å². The Bertz CT molecular complexity index is 267. The lowest BCUT2D eigenvalue weighted by Gasteiger charge is -2.24. The van der Waals surface area contributed by atoms with Crippen molar-refractivity contribution in [2.75, 3.05) is 19.8 Å². The average molecular weight is 225 g/mol. The second-order valence-electron chi connectivity index (χ2n) is 4.20. The highest BCUT2D eigenvalue weighted by Crippen LogP contribution is 2.20. The Hall–Kier alpha value is -0.380. The van der Waals surface area contributed by atoms with E-state index in [0.717, 1.165) is 25.7 Å².